The van der Waals surface area contributed by atoms with Gasteiger partial charge in [0.25, 0.3) is 0 Å². The summed E-state index contributed by atoms with van der Waals surface area (Å²) in [6, 6.07) is 14.4. The van der Waals surface area contributed by atoms with E-state index < -0.39 is 0 Å². The Hall–Kier alpha value is -2.62. The summed E-state index contributed by atoms with van der Waals surface area (Å²) in [5.74, 6) is -0.237. The Morgan fingerprint density at radius 3 is 2.67 bits per heavy atom. The van der Waals surface area contributed by atoms with Crippen LogP contribution in [0.4, 0.5) is 10.1 Å². The number of benzene rings is 2. The van der Waals surface area contributed by atoms with Gasteiger partial charge in [-0.3, -0.25) is 0 Å². The highest BCUT2D eigenvalue weighted by Gasteiger charge is 2.06. The van der Waals surface area contributed by atoms with Crippen LogP contribution in [0.15, 0.2) is 61.1 Å². The van der Waals surface area contributed by atoms with Gasteiger partial charge in [0.2, 0.25) is 0 Å². The van der Waals surface area contributed by atoms with Crippen molar-refractivity contribution in [2.24, 2.45) is 0 Å². The van der Waals surface area contributed by atoms with Crippen molar-refractivity contribution >= 4 is 5.69 Å². The standard InChI is InChI=1S/C17H16FN3/c18-15-3-1-2-14(10-15)17-11-20-12-21(17)9-8-13-4-6-16(19)7-5-13/h1-7,10-12H,8-9,19H2. The number of aromatic nitrogens is 2. The van der Waals surface area contributed by atoms with Crippen molar-refractivity contribution in [2.45, 2.75) is 13.0 Å². The third-order valence-corrected chi connectivity index (χ3v) is 3.45. The van der Waals surface area contributed by atoms with Gasteiger partial charge in [-0.05, 0) is 36.2 Å². The number of hydrogen-bond donors (Lipinski definition) is 1. The third-order valence-electron chi connectivity index (χ3n) is 3.45. The average Bonchev–Trinajstić information content (AvgIpc) is 2.95. The van der Waals surface area contributed by atoms with E-state index in [1.165, 1.54) is 17.7 Å². The molecule has 0 saturated heterocycles. The monoisotopic (exact) mass is 281 g/mol. The third kappa shape index (κ3) is 3.11. The topological polar surface area (TPSA) is 43.8 Å². The molecule has 3 aromatic rings. The Morgan fingerprint density at radius 1 is 1.10 bits per heavy atom. The van der Waals surface area contributed by atoms with Crippen LogP contribution in [0.3, 0.4) is 0 Å². The maximum atomic E-state index is 13.3. The number of anilines is 1. The van der Waals surface area contributed by atoms with E-state index in [0.29, 0.717) is 0 Å². The summed E-state index contributed by atoms with van der Waals surface area (Å²) >= 11 is 0. The van der Waals surface area contributed by atoms with Gasteiger partial charge in [-0.25, -0.2) is 9.37 Å². The van der Waals surface area contributed by atoms with Crippen molar-refractivity contribution in [3.63, 3.8) is 0 Å². The van der Waals surface area contributed by atoms with Crippen molar-refractivity contribution in [1.29, 1.82) is 0 Å². The summed E-state index contributed by atoms with van der Waals surface area (Å²) in [6.07, 6.45) is 4.41. The minimum Gasteiger partial charge on any atom is -0.399 e. The van der Waals surface area contributed by atoms with Gasteiger partial charge in [-0.2, -0.15) is 0 Å². The normalized spacial score (nSPS) is 10.7. The van der Waals surface area contributed by atoms with Gasteiger partial charge in [0.15, 0.2) is 0 Å². The lowest BCUT2D eigenvalue weighted by molar-refractivity contribution is 0.627. The number of nitrogen functional groups attached to an aromatic ring is 1. The molecule has 0 bridgehead atoms. The minimum atomic E-state index is -0.237. The molecule has 2 N–H and O–H groups in total. The summed E-state index contributed by atoms with van der Waals surface area (Å²) in [5.41, 5.74) is 9.42. The fourth-order valence-corrected chi connectivity index (χ4v) is 2.32. The highest BCUT2D eigenvalue weighted by molar-refractivity contribution is 5.58. The number of nitrogens with zero attached hydrogens (tertiary/aromatic N) is 2. The largest absolute Gasteiger partial charge is 0.399 e. The number of nitrogens with two attached hydrogens (primary N) is 1. The first-order chi connectivity index (χ1) is 10.2. The fraction of sp³-hybridized carbons (Fsp3) is 0.118. The molecule has 0 radical (unpaired) electrons. The molecule has 21 heavy (non-hydrogen) atoms. The molecule has 0 amide bonds. The molecule has 1 heterocycles. The second-order valence-electron chi connectivity index (χ2n) is 4.97. The van der Waals surface area contributed by atoms with E-state index in [2.05, 4.69) is 4.98 Å². The van der Waals surface area contributed by atoms with E-state index in [1.807, 2.05) is 34.9 Å². The summed E-state index contributed by atoms with van der Waals surface area (Å²) < 4.78 is 15.4. The predicted molar refractivity (Wildman–Crippen MR) is 82.2 cm³/mol. The summed E-state index contributed by atoms with van der Waals surface area (Å²) in [5, 5.41) is 0. The second-order valence-corrected chi connectivity index (χ2v) is 4.97. The van der Waals surface area contributed by atoms with Gasteiger partial charge < -0.3 is 10.3 Å². The van der Waals surface area contributed by atoms with Crippen molar-refractivity contribution in [2.75, 3.05) is 5.73 Å². The second kappa shape index (κ2) is 5.79. The molecule has 1 aromatic heterocycles. The number of aryl methyl sites for hydroxylation is 2. The smallest absolute Gasteiger partial charge is 0.123 e. The molecule has 0 unspecified atom stereocenters. The van der Waals surface area contributed by atoms with Crippen LogP contribution < -0.4 is 5.73 Å². The van der Waals surface area contributed by atoms with Crippen molar-refractivity contribution in [3.05, 3.63) is 72.4 Å². The van der Waals surface area contributed by atoms with E-state index >= 15 is 0 Å². The van der Waals surface area contributed by atoms with Crippen molar-refractivity contribution in [3.8, 4) is 11.3 Å². The SMILES string of the molecule is Nc1ccc(CCn2cncc2-c2cccc(F)c2)cc1. The van der Waals surface area contributed by atoms with Gasteiger partial charge in [-0.1, -0.05) is 24.3 Å². The van der Waals surface area contributed by atoms with Crippen LogP contribution in [0, 0.1) is 5.82 Å². The maximum absolute atomic E-state index is 13.3. The molecule has 4 heteroatoms. The number of hydrogen-bond acceptors (Lipinski definition) is 2. The minimum absolute atomic E-state index is 0.237. The molecule has 106 valence electrons. The Kier molecular flexibility index (Phi) is 3.69. The average molecular weight is 281 g/mol. The molecule has 0 aliphatic carbocycles. The van der Waals surface area contributed by atoms with Crippen molar-refractivity contribution in [1.82, 2.24) is 9.55 Å². The lowest BCUT2D eigenvalue weighted by atomic mass is 10.1. The summed E-state index contributed by atoms with van der Waals surface area (Å²) in [7, 11) is 0. The van der Waals surface area contributed by atoms with Crippen LogP contribution in [0.25, 0.3) is 11.3 Å². The summed E-state index contributed by atoms with van der Waals surface area (Å²) in [4.78, 5) is 4.18. The molecule has 0 fully saturated rings. The van der Waals surface area contributed by atoms with Gasteiger partial charge in [0.1, 0.15) is 5.82 Å². The van der Waals surface area contributed by atoms with E-state index in [1.54, 1.807) is 18.6 Å². The highest BCUT2D eigenvalue weighted by Crippen LogP contribution is 2.20. The van der Waals surface area contributed by atoms with E-state index in [9.17, 15) is 4.39 Å². The van der Waals surface area contributed by atoms with Crippen LogP contribution in [0.1, 0.15) is 5.56 Å². The molecule has 0 saturated carbocycles. The zero-order valence-electron chi connectivity index (χ0n) is 11.5. The first-order valence-corrected chi connectivity index (χ1v) is 6.83. The van der Waals surface area contributed by atoms with E-state index in [4.69, 9.17) is 5.73 Å². The molecule has 0 aliphatic rings. The van der Waals surface area contributed by atoms with E-state index in [0.717, 1.165) is 29.9 Å². The number of halogens is 1. The Morgan fingerprint density at radius 2 is 1.90 bits per heavy atom. The van der Waals surface area contributed by atoms with Gasteiger partial charge >= 0.3 is 0 Å². The summed E-state index contributed by atoms with van der Waals surface area (Å²) in [6.45, 7) is 0.787. The molecule has 0 atom stereocenters. The molecule has 2 aromatic carbocycles. The zero-order chi connectivity index (χ0) is 14.7. The van der Waals surface area contributed by atoms with E-state index in [-0.39, 0.29) is 5.82 Å². The van der Waals surface area contributed by atoms with Crippen LogP contribution in [-0.4, -0.2) is 9.55 Å². The first-order valence-electron chi connectivity index (χ1n) is 6.83. The Labute approximate surface area is 122 Å². The molecule has 0 aliphatic heterocycles. The van der Waals surface area contributed by atoms with Crippen molar-refractivity contribution < 1.29 is 4.39 Å². The molecule has 3 rings (SSSR count). The fourth-order valence-electron chi connectivity index (χ4n) is 2.32. The van der Waals surface area contributed by atoms with Gasteiger partial charge in [0.05, 0.1) is 18.2 Å². The maximum Gasteiger partial charge on any atom is 0.123 e. The predicted octanol–water partition coefficient (Wildman–Crippen LogP) is 3.51. The quantitative estimate of drug-likeness (QED) is 0.744. The number of imidazole rings is 1. The van der Waals surface area contributed by atoms with Crippen LogP contribution >= 0.6 is 0 Å². The molecule has 0 spiro atoms. The Bertz CT molecular complexity index is 732. The molecular weight excluding hydrogens is 265 g/mol. The highest BCUT2D eigenvalue weighted by atomic mass is 19.1. The van der Waals surface area contributed by atoms with Gasteiger partial charge in [0, 0.05) is 17.8 Å². The number of rotatable bonds is 4. The molecular formula is C17H16FN3. The van der Waals surface area contributed by atoms with Gasteiger partial charge in [-0.15, -0.1) is 0 Å². The van der Waals surface area contributed by atoms with Crippen LogP contribution in [0.5, 0.6) is 0 Å². The first kappa shape index (κ1) is 13.4. The zero-order valence-corrected chi connectivity index (χ0v) is 11.5. The lowest BCUT2D eigenvalue weighted by Gasteiger charge is -2.09. The molecule has 3 nitrogen and oxygen atoms in total. The van der Waals surface area contributed by atoms with Crippen LogP contribution in [0.2, 0.25) is 0 Å². The Balaban J connectivity index is 1.78. The lowest BCUT2D eigenvalue weighted by Crippen LogP contribution is -2.02. The van der Waals surface area contributed by atoms with Crippen LogP contribution in [-0.2, 0) is 13.0 Å².